The maximum absolute atomic E-state index is 12.3. The van der Waals surface area contributed by atoms with Gasteiger partial charge in [-0.25, -0.2) is 4.79 Å². The van der Waals surface area contributed by atoms with Crippen molar-refractivity contribution in [1.29, 1.82) is 0 Å². The molecule has 0 bridgehead atoms. The number of carboxylic acids is 1. The van der Waals surface area contributed by atoms with Crippen LogP contribution in [0.25, 0.3) is 0 Å². The van der Waals surface area contributed by atoms with E-state index in [1.54, 1.807) is 12.1 Å². The van der Waals surface area contributed by atoms with Crippen molar-refractivity contribution in [2.75, 3.05) is 0 Å². The monoisotopic (exact) mass is 342 g/mol. The molecule has 2 aromatic rings. The van der Waals surface area contributed by atoms with Gasteiger partial charge in [-0.05, 0) is 24.0 Å². The van der Waals surface area contributed by atoms with Crippen molar-refractivity contribution in [3.63, 3.8) is 0 Å². The van der Waals surface area contributed by atoms with E-state index in [2.05, 4.69) is 5.32 Å². The van der Waals surface area contributed by atoms with E-state index >= 15 is 0 Å². The van der Waals surface area contributed by atoms with Crippen LogP contribution in [0.15, 0.2) is 60.7 Å². The molecule has 0 aliphatic heterocycles. The highest BCUT2D eigenvalue weighted by molar-refractivity contribution is 5.83. The van der Waals surface area contributed by atoms with Crippen molar-refractivity contribution in [1.82, 2.24) is 5.32 Å². The Labute approximate surface area is 146 Å². The molecule has 0 aromatic heterocycles. The number of amides is 1. The van der Waals surface area contributed by atoms with E-state index in [9.17, 15) is 14.7 Å². The van der Waals surface area contributed by atoms with Crippen LogP contribution in [-0.4, -0.2) is 40.3 Å². The summed E-state index contributed by atoms with van der Waals surface area (Å²) in [5.41, 5.74) is 7.64. The maximum atomic E-state index is 12.3. The molecule has 0 saturated carbocycles. The van der Waals surface area contributed by atoms with E-state index in [4.69, 9.17) is 10.8 Å². The zero-order valence-electron chi connectivity index (χ0n) is 13.7. The van der Waals surface area contributed by atoms with E-state index in [0.717, 1.165) is 11.1 Å². The van der Waals surface area contributed by atoms with Gasteiger partial charge >= 0.3 is 5.97 Å². The molecule has 2 aromatic carbocycles. The van der Waals surface area contributed by atoms with Crippen LogP contribution in [0.3, 0.4) is 0 Å². The quantitative estimate of drug-likeness (QED) is 0.565. The third-order valence-corrected chi connectivity index (χ3v) is 3.90. The summed E-state index contributed by atoms with van der Waals surface area (Å²) in [4.78, 5) is 23.5. The summed E-state index contributed by atoms with van der Waals surface area (Å²) in [5, 5.41) is 21.6. The summed E-state index contributed by atoms with van der Waals surface area (Å²) < 4.78 is 0. The molecule has 0 radical (unpaired) electrons. The number of hydrogen-bond donors (Lipinski definition) is 4. The van der Waals surface area contributed by atoms with Crippen LogP contribution in [0, 0.1) is 0 Å². The molecule has 3 atom stereocenters. The Balaban J connectivity index is 2.04. The van der Waals surface area contributed by atoms with Gasteiger partial charge in [0.05, 0.1) is 12.1 Å². The SMILES string of the molecule is N[C@H](Cc1ccccc1)C(=O)N[C@H](Cc1ccccc1)[C@H](O)C(=O)O. The minimum atomic E-state index is -1.71. The van der Waals surface area contributed by atoms with Gasteiger partial charge in [-0.1, -0.05) is 60.7 Å². The smallest absolute Gasteiger partial charge is 0.334 e. The summed E-state index contributed by atoms with van der Waals surface area (Å²) in [7, 11) is 0. The first-order chi connectivity index (χ1) is 12.0. The highest BCUT2D eigenvalue weighted by Crippen LogP contribution is 2.08. The van der Waals surface area contributed by atoms with Crippen molar-refractivity contribution in [2.45, 2.75) is 31.0 Å². The Morgan fingerprint density at radius 2 is 1.40 bits per heavy atom. The fourth-order valence-electron chi connectivity index (χ4n) is 2.53. The van der Waals surface area contributed by atoms with E-state index in [1.165, 1.54) is 0 Å². The number of nitrogens with two attached hydrogens (primary N) is 1. The van der Waals surface area contributed by atoms with E-state index in [1.807, 2.05) is 48.5 Å². The third-order valence-electron chi connectivity index (χ3n) is 3.90. The number of aliphatic hydroxyl groups is 1. The molecule has 25 heavy (non-hydrogen) atoms. The van der Waals surface area contributed by atoms with Crippen molar-refractivity contribution >= 4 is 11.9 Å². The molecule has 132 valence electrons. The number of aliphatic carboxylic acids is 1. The van der Waals surface area contributed by atoms with E-state index in [0.29, 0.717) is 6.42 Å². The largest absolute Gasteiger partial charge is 0.479 e. The second kappa shape index (κ2) is 8.96. The average molecular weight is 342 g/mol. The lowest BCUT2D eigenvalue weighted by atomic mass is 10.00. The molecular weight excluding hydrogens is 320 g/mol. The number of carboxylic acid groups (broad SMARTS) is 1. The summed E-state index contributed by atoms with van der Waals surface area (Å²) >= 11 is 0. The lowest BCUT2D eigenvalue weighted by Crippen LogP contribution is -2.53. The minimum Gasteiger partial charge on any atom is -0.479 e. The highest BCUT2D eigenvalue weighted by atomic mass is 16.4. The topological polar surface area (TPSA) is 113 Å². The van der Waals surface area contributed by atoms with Crippen LogP contribution in [-0.2, 0) is 22.4 Å². The zero-order valence-corrected chi connectivity index (χ0v) is 13.7. The second-order valence-electron chi connectivity index (χ2n) is 5.88. The zero-order chi connectivity index (χ0) is 18.2. The Bertz CT molecular complexity index is 691. The van der Waals surface area contributed by atoms with Crippen molar-refractivity contribution < 1.29 is 19.8 Å². The summed E-state index contributed by atoms with van der Waals surface area (Å²) in [6.07, 6.45) is -1.19. The van der Waals surface area contributed by atoms with Gasteiger partial charge in [0.2, 0.25) is 5.91 Å². The predicted molar refractivity (Wildman–Crippen MR) is 93.8 cm³/mol. The lowest BCUT2D eigenvalue weighted by Gasteiger charge is -2.23. The Hall–Kier alpha value is -2.70. The molecule has 6 heteroatoms. The Kier molecular flexibility index (Phi) is 6.68. The molecule has 0 spiro atoms. The van der Waals surface area contributed by atoms with Gasteiger partial charge < -0.3 is 21.3 Å². The van der Waals surface area contributed by atoms with E-state index < -0.39 is 30.1 Å². The fraction of sp³-hybridized carbons (Fsp3) is 0.263. The number of carbonyl (C=O) groups excluding carboxylic acids is 1. The van der Waals surface area contributed by atoms with Gasteiger partial charge in [-0.3, -0.25) is 4.79 Å². The number of aliphatic hydroxyl groups excluding tert-OH is 1. The average Bonchev–Trinajstić information content (AvgIpc) is 2.62. The molecule has 0 fully saturated rings. The minimum absolute atomic E-state index is 0.193. The Morgan fingerprint density at radius 1 is 0.920 bits per heavy atom. The van der Waals surface area contributed by atoms with Gasteiger partial charge in [-0.2, -0.15) is 0 Å². The van der Waals surface area contributed by atoms with Crippen molar-refractivity contribution in [2.24, 2.45) is 5.73 Å². The lowest BCUT2D eigenvalue weighted by molar-refractivity contribution is -0.148. The molecule has 6 nitrogen and oxygen atoms in total. The summed E-state index contributed by atoms with van der Waals surface area (Å²) in [6.45, 7) is 0. The highest BCUT2D eigenvalue weighted by Gasteiger charge is 2.29. The van der Waals surface area contributed by atoms with E-state index in [-0.39, 0.29) is 6.42 Å². The van der Waals surface area contributed by atoms with Crippen LogP contribution >= 0.6 is 0 Å². The summed E-state index contributed by atoms with van der Waals surface area (Å²) in [5.74, 6) is -1.89. The van der Waals surface area contributed by atoms with Crippen LogP contribution in [0.4, 0.5) is 0 Å². The normalized spacial score (nSPS) is 14.3. The molecule has 5 N–H and O–H groups in total. The molecule has 2 rings (SSSR count). The number of nitrogens with one attached hydrogen (secondary N) is 1. The molecule has 0 saturated heterocycles. The molecule has 0 unspecified atom stereocenters. The standard InChI is InChI=1S/C19H22N2O4/c20-15(11-13-7-3-1-4-8-13)18(23)21-16(17(22)19(24)25)12-14-9-5-2-6-10-14/h1-10,15-17,22H,11-12,20H2,(H,21,23)(H,24,25)/t15-,16-,17+/m1/s1. The summed E-state index contributed by atoms with van der Waals surface area (Å²) in [6, 6.07) is 16.6. The van der Waals surface area contributed by atoms with Crippen LogP contribution in [0.1, 0.15) is 11.1 Å². The third kappa shape index (κ3) is 5.70. The van der Waals surface area contributed by atoms with Gasteiger partial charge in [0.1, 0.15) is 0 Å². The second-order valence-corrected chi connectivity index (χ2v) is 5.88. The number of rotatable bonds is 8. The maximum Gasteiger partial charge on any atom is 0.334 e. The van der Waals surface area contributed by atoms with Gasteiger partial charge in [0, 0.05) is 0 Å². The molecule has 0 heterocycles. The number of benzene rings is 2. The van der Waals surface area contributed by atoms with Crippen molar-refractivity contribution in [3.8, 4) is 0 Å². The van der Waals surface area contributed by atoms with Gasteiger partial charge in [-0.15, -0.1) is 0 Å². The molecule has 1 amide bonds. The first kappa shape index (κ1) is 18.6. The fourth-order valence-corrected chi connectivity index (χ4v) is 2.53. The molecule has 0 aliphatic carbocycles. The molecular formula is C19H22N2O4. The van der Waals surface area contributed by atoms with Crippen LogP contribution in [0.5, 0.6) is 0 Å². The van der Waals surface area contributed by atoms with Crippen LogP contribution < -0.4 is 11.1 Å². The van der Waals surface area contributed by atoms with Crippen LogP contribution in [0.2, 0.25) is 0 Å². The van der Waals surface area contributed by atoms with Crippen molar-refractivity contribution in [3.05, 3.63) is 71.8 Å². The Morgan fingerprint density at radius 3 is 1.88 bits per heavy atom. The number of hydrogen-bond acceptors (Lipinski definition) is 4. The first-order valence-electron chi connectivity index (χ1n) is 8.02. The molecule has 0 aliphatic rings. The number of carbonyl (C=O) groups is 2. The predicted octanol–water partition coefficient (Wildman–Crippen LogP) is 0.729. The first-order valence-corrected chi connectivity index (χ1v) is 8.02. The van der Waals surface area contributed by atoms with Gasteiger partial charge in [0.15, 0.2) is 6.10 Å². The van der Waals surface area contributed by atoms with Gasteiger partial charge in [0.25, 0.3) is 0 Å².